The van der Waals surface area contributed by atoms with E-state index in [1.54, 1.807) is 89.4 Å². The average molecular weight is 516 g/mol. The van der Waals surface area contributed by atoms with Gasteiger partial charge in [0, 0.05) is 17.0 Å². The molecule has 0 bridgehead atoms. The summed E-state index contributed by atoms with van der Waals surface area (Å²) in [7, 11) is 1.58. The minimum atomic E-state index is -1.13. The maximum absolute atomic E-state index is 13.3. The second-order valence-corrected chi connectivity index (χ2v) is 9.68. The summed E-state index contributed by atoms with van der Waals surface area (Å²) in [5.74, 6) is 0.168. The number of benzene rings is 3. The highest BCUT2D eigenvalue weighted by Gasteiger charge is 2.28. The van der Waals surface area contributed by atoms with Crippen LogP contribution in [0, 0.1) is 6.92 Å². The molecule has 1 N–H and O–H groups in total. The first-order valence-corrected chi connectivity index (χ1v) is 12.0. The zero-order valence-electron chi connectivity index (χ0n) is 21.9. The minimum absolute atomic E-state index is 0.199. The summed E-state index contributed by atoms with van der Waals surface area (Å²) in [6, 6.07) is 19.7. The maximum Gasteiger partial charge on any atom is 0.408 e. The van der Waals surface area contributed by atoms with Gasteiger partial charge in [0.2, 0.25) is 0 Å². The number of rotatable bonds is 6. The van der Waals surface area contributed by atoms with E-state index in [0.29, 0.717) is 33.4 Å². The van der Waals surface area contributed by atoms with E-state index in [4.69, 9.17) is 18.6 Å². The molecule has 0 aliphatic rings. The molecule has 38 heavy (non-hydrogen) atoms. The molecule has 0 saturated heterocycles. The van der Waals surface area contributed by atoms with Crippen molar-refractivity contribution in [1.82, 2.24) is 5.32 Å². The monoisotopic (exact) mass is 515 g/mol. The van der Waals surface area contributed by atoms with Crippen LogP contribution in [0.1, 0.15) is 37.9 Å². The van der Waals surface area contributed by atoms with Gasteiger partial charge in [-0.05, 0) is 68.7 Å². The molecular formula is C30H29NO7. The smallest absolute Gasteiger partial charge is 0.408 e. The summed E-state index contributed by atoms with van der Waals surface area (Å²) in [6.07, 6.45) is -0.756. The van der Waals surface area contributed by atoms with Crippen molar-refractivity contribution >= 4 is 23.0 Å². The Labute approximate surface area is 220 Å². The summed E-state index contributed by atoms with van der Waals surface area (Å²) in [6.45, 7) is 6.89. The molecule has 196 valence electrons. The largest absolute Gasteiger partial charge is 0.497 e. The van der Waals surface area contributed by atoms with Gasteiger partial charge in [0.15, 0.2) is 6.04 Å². The Balaban J connectivity index is 1.68. The van der Waals surface area contributed by atoms with Gasteiger partial charge >= 0.3 is 17.7 Å². The topological polar surface area (TPSA) is 104 Å². The lowest BCUT2D eigenvalue weighted by atomic mass is 10.00. The van der Waals surface area contributed by atoms with Crippen molar-refractivity contribution in [2.45, 2.75) is 39.3 Å². The summed E-state index contributed by atoms with van der Waals surface area (Å²) in [5.41, 5.74) is 1.48. The first-order chi connectivity index (χ1) is 18.1. The van der Waals surface area contributed by atoms with Crippen LogP contribution in [0.15, 0.2) is 82.0 Å². The van der Waals surface area contributed by atoms with Crippen LogP contribution < -0.4 is 20.4 Å². The van der Waals surface area contributed by atoms with E-state index >= 15 is 0 Å². The molecule has 8 heteroatoms. The molecule has 1 unspecified atom stereocenters. The highest BCUT2D eigenvalue weighted by molar-refractivity contribution is 5.96. The Morgan fingerprint density at radius 3 is 2.26 bits per heavy atom. The quantitative estimate of drug-likeness (QED) is 0.192. The van der Waals surface area contributed by atoms with Crippen LogP contribution in [-0.2, 0) is 9.53 Å². The molecule has 3 aromatic carbocycles. The van der Waals surface area contributed by atoms with Gasteiger partial charge in [-0.2, -0.15) is 0 Å². The lowest BCUT2D eigenvalue weighted by Gasteiger charge is -2.23. The van der Waals surface area contributed by atoms with Gasteiger partial charge in [-0.25, -0.2) is 14.4 Å². The maximum atomic E-state index is 13.3. The van der Waals surface area contributed by atoms with Crippen LogP contribution in [0.4, 0.5) is 4.79 Å². The van der Waals surface area contributed by atoms with Crippen LogP contribution in [0.25, 0.3) is 22.1 Å². The number of aryl methyl sites for hydroxylation is 1. The number of carbonyl (C=O) groups is 2. The van der Waals surface area contributed by atoms with Crippen molar-refractivity contribution in [3.8, 4) is 22.6 Å². The number of esters is 1. The average Bonchev–Trinajstić information content (AvgIpc) is 2.88. The number of hydrogen-bond donors (Lipinski definition) is 1. The molecule has 0 saturated carbocycles. The van der Waals surface area contributed by atoms with E-state index in [2.05, 4.69) is 5.32 Å². The predicted octanol–water partition coefficient (Wildman–Crippen LogP) is 5.95. The van der Waals surface area contributed by atoms with Crippen molar-refractivity contribution < 1.29 is 28.2 Å². The SMILES string of the molecule is COc1ccc(-c2cc(=O)oc3c(C)c(OC(=O)C(NC(=O)OC(C)(C)C)c4ccccc4)ccc23)cc1. The highest BCUT2D eigenvalue weighted by Crippen LogP contribution is 2.34. The molecule has 1 atom stereocenters. The van der Waals surface area contributed by atoms with E-state index in [1.807, 2.05) is 12.1 Å². The first-order valence-electron chi connectivity index (χ1n) is 12.0. The number of ether oxygens (including phenoxy) is 3. The van der Waals surface area contributed by atoms with Gasteiger partial charge < -0.3 is 23.9 Å². The third-order valence-corrected chi connectivity index (χ3v) is 5.75. The third kappa shape index (κ3) is 6.03. The molecule has 4 rings (SSSR count). The van der Waals surface area contributed by atoms with Gasteiger partial charge in [0.1, 0.15) is 22.7 Å². The summed E-state index contributed by atoms with van der Waals surface area (Å²) in [4.78, 5) is 38.3. The molecule has 0 radical (unpaired) electrons. The van der Waals surface area contributed by atoms with Crippen LogP contribution in [0.3, 0.4) is 0 Å². The highest BCUT2D eigenvalue weighted by atomic mass is 16.6. The zero-order valence-corrected chi connectivity index (χ0v) is 21.9. The van der Waals surface area contributed by atoms with Crippen LogP contribution in [-0.4, -0.2) is 24.8 Å². The molecule has 0 aliphatic carbocycles. The van der Waals surface area contributed by atoms with E-state index in [9.17, 15) is 14.4 Å². The van der Waals surface area contributed by atoms with Gasteiger partial charge in [-0.1, -0.05) is 42.5 Å². The number of nitrogens with one attached hydrogen (secondary N) is 1. The summed E-state index contributed by atoms with van der Waals surface area (Å²) < 4.78 is 21.8. The number of hydrogen-bond acceptors (Lipinski definition) is 7. The van der Waals surface area contributed by atoms with Gasteiger partial charge in [0.25, 0.3) is 0 Å². The molecule has 0 fully saturated rings. The van der Waals surface area contributed by atoms with Crippen LogP contribution in [0.5, 0.6) is 11.5 Å². The fourth-order valence-corrected chi connectivity index (χ4v) is 3.98. The number of methoxy groups -OCH3 is 1. The lowest BCUT2D eigenvalue weighted by molar-refractivity contribution is -0.137. The number of carbonyl (C=O) groups excluding carboxylic acids is 2. The van der Waals surface area contributed by atoms with E-state index < -0.39 is 29.3 Å². The second-order valence-electron chi connectivity index (χ2n) is 9.68. The fraction of sp³-hybridized carbons (Fsp3) is 0.233. The van der Waals surface area contributed by atoms with E-state index in [-0.39, 0.29) is 5.75 Å². The second kappa shape index (κ2) is 10.8. The zero-order chi connectivity index (χ0) is 27.4. The Hall–Kier alpha value is -4.59. The van der Waals surface area contributed by atoms with Crippen molar-refractivity contribution in [3.05, 3.63) is 94.3 Å². The summed E-state index contributed by atoms with van der Waals surface area (Å²) >= 11 is 0. The third-order valence-electron chi connectivity index (χ3n) is 5.75. The molecule has 0 aliphatic heterocycles. The Morgan fingerprint density at radius 2 is 1.63 bits per heavy atom. The van der Waals surface area contributed by atoms with Crippen molar-refractivity contribution in [2.24, 2.45) is 0 Å². The van der Waals surface area contributed by atoms with E-state index in [1.165, 1.54) is 6.07 Å². The Bertz CT molecular complexity index is 1520. The van der Waals surface area contributed by atoms with Crippen LogP contribution in [0.2, 0.25) is 0 Å². The van der Waals surface area contributed by atoms with E-state index in [0.717, 1.165) is 5.56 Å². The Kier molecular flexibility index (Phi) is 7.52. The van der Waals surface area contributed by atoms with Gasteiger partial charge in [-0.15, -0.1) is 0 Å². The number of fused-ring (bicyclic) bond motifs is 1. The normalized spacial score (nSPS) is 12.0. The predicted molar refractivity (Wildman–Crippen MR) is 143 cm³/mol. The molecule has 1 amide bonds. The van der Waals surface area contributed by atoms with Gasteiger partial charge in [-0.3, -0.25) is 0 Å². The number of alkyl carbamates (subject to hydrolysis) is 1. The van der Waals surface area contributed by atoms with Gasteiger partial charge in [0.05, 0.1) is 7.11 Å². The minimum Gasteiger partial charge on any atom is -0.497 e. The molecule has 1 heterocycles. The van der Waals surface area contributed by atoms with Crippen molar-refractivity contribution in [2.75, 3.05) is 7.11 Å². The summed E-state index contributed by atoms with van der Waals surface area (Å²) in [5, 5.41) is 3.28. The number of amides is 1. The molecule has 0 spiro atoms. The van der Waals surface area contributed by atoms with Crippen molar-refractivity contribution in [1.29, 1.82) is 0 Å². The molecular weight excluding hydrogens is 486 g/mol. The molecule has 8 nitrogen and oxygen atoms in total. The fourth-order valence-electron chi connectivity index (χ4n) is 3.98. The lowest BCUT2D eigenvalue weighted by Crippen LogP contribution is -2.39. The molecule has 1 aromatic heterocycles. The first kappa shape index (κ1) is 26.5. The molecule has 4 aromatic rings. The Morgan fingerprint density at radius 1 is 0.947 bits per heavy atom. The van der Waals surface area contributed by atoms with Crippen molar-refractivity contribution in [3.63, 3.8) is 0 Å². The standard InChI is InChI=1S/C30H29NO7/c1-18-24(36-28(33)26(20-9-7-6-8-10-20)31-29(34)38-30(2,3)4)16-15-22-23(17-25(32)37-27(18)22)19-11-13-21(35-5)14-12-19/h6-17,26H,1-5H3,(H,31,34). The van der Waals surface area contributed by atoms with Crippen LogP contribution >= 0.6 is 0 Å².